The van der Waals surface area contributed by atoms with Gasteiger partial charge in [-0.05, 0) is 42.9 Å². The van der Waals surface area contributed by atoms with E-state index in [2.05, 4.69) is 45.3 Å². The molecule has 1 aliphatic rings. The number of amides is 1. The Kier molecular flexibility index (Phi) is 6.31. The molecule has 19 heavy (non-hydrogen) atoms. The third kappa shape index (κ3) is 6.42. The average Bonchev–Trinajstić information content (AvgIpc) is 2.33. The number of rotatable bonds is 5. The Morgan fingerprint density at radius 2 is 1.74 bits per heavy atom. The normalized spacial score (nSPS) is 24.5. The second-order valence-electron chi connectivity index (χ2n) is 7.49. The van der Waals surface area contributed by atoms with E-state index in [0.717, 1.165) is 12.5 Å². The average molecular weight is 268 g/mol. The van der Waals surface area contributed by atoms with Crippen molar-refractivity contribution in [3.8, 4) is 0 Å². The van der Waals surface area contributed by atoms with E-state index in [1.807, 2.05) is 0 Å². The van der Waals surface area contributed by atoms with Crippen molar-refractivity contribution in [3.05, 3.63) is 0 Å². The smallest absolute Gasteiger partial charge is 0.233 e. The Hall–Kier alpha value is -0.570. The predicted molar refractivity (Wildman–Crippen MR) is 81.1 cm³/mol. The van der Waals surface area contributed by atoms with Gasteiger partial charge in [0, 0.05) is 12.6 Å². The number of nitrogens with one attached hydrogen (secondary N) is 2. The molecular weight excluding hydrogens is 236 g/mol. The van der Waals surface area contributed by atoms with Gasteiger partial charge in [-0.2, -0.15) is 0 Å². The van der Waals surface area contributed by atoms with E-state index in [1.165, 1.54) is 25.7 Å². The summed E-state index contributed by atoms with van der Waals surface area (Å²) in [5, 5.41) is 6.36. The molecule has 3 nitrogen and oxygen atoms in total. The minimum Gasteiger partial charge on any atom is -0.355 e. The van der Waals surface area contributed by atoms with Crippen molar-refractivity contribution < 1.29 is 4.79 Å². The maximum absolute atomic E-state index is 11.6. The Labute approximate surface area is 118 Å². The number of carbonyl (C=O) groups excluding carboxylic acids is 1. The Morgan fingerprint density at radius 3 is 2.21 bits per heavy atom. The third-order valence-corrected chi connectivity index (χ3v) is 4.21. The van der Waals surface area contributed by atoms with Gasteiger partial charge < -0.3 is 10.6 Å². The number of carbonyl (C=O) groups is 1. The van der Waals surface area contributed by atoms with Gasteiger partial charge in [-0.15, -0.1) is 0 Å². The molecule has 1 fully saturated rings. The molecule has 0 aromatic heterocycles. The maximum atomic E-state index is 11.6. The molecule has 1 rings (SSSR count). The summed E-state index contributed by atoms with van der Waals surface area (Å²) < 4.78 is 0. The molecule has 1 saturated carbocycles. The fourth-order valence-corrected chi connectivity index (χ4v) is 2.78. The van der Waals surface area contributed by atoms with Gasteiger partial charge in [0.15, 0.2) is 0 Å². The summed E-state index contributed by atoms with van der Waals surface area (Å²) in [5.41, 5.74) is 0.430. The maximum Gasteiger partial charge on any atom is 0.233 e. The second kappa shape index (κ2) is 7.28. The van der Waals surface area contributed by atoms with Crippen LogP contribution < -0.4 is 10.6 Å². The highest BCUT2D eigenvalue weighted by Gasteiger charge is 2.29. The minimum atomic E-state index is 0.131. The highest BCUT2D eigenvalue weighted by molar-refractivity contribution is 5.77. The van der Waals surface area contributed by atoms with Crippen LogP contribution in [0.2, 0.25) is 0 Å². The topological polar surface area (TPSA) is 41.1 Å². The second-order valence-corrected chi connectivity index (χ2v) is 7.49. The predicted octanol–water partition coefficient (Wildman–Crippen LogP) is 2.95. The summed E-state index contributed by atoms with van der Waals surface area (Å²) in [5.74, 6) is 1.48. The molecule has 0 bridgehead atoms. The van der Waals surface area contributed by atoms with Crippen molar-refractivity contribution in [3.63, 3.8) is 0 Å². The van der Waals surface area contributed by atoms with Crippen LogP contribution in [0, 0.1) is 17.3 Å². The van der Waals surface area contributed by atoms with Gasteiger partial charge in [0.1, 0.15) is 0 Å². The van der Waals surface area contributed by atoms with Gasteiger partial charge in [-0.25, -0.2) is 0 Å². The van der Waals surface area contributed by atoms with Crippen molar-refractivity contribution >= 4 is 5.91 Å². The summed E-state index contributed by atoms with van der Waals surface area (Å²) in [6, 6.07) is 0.531. The summed E-state index contributed by atoms with van der Waals surface area (Å²) in [6.45, 7) is 12.5. The summed E-state index contributed by atoms with van der Waals surface area (Å²) in [6.07, 6.45) is 4.99. The molecule has 1 amide bonds. The van der Waals surface area contributed by atoms with Crippen LogP contribution >= 0.6 is 0 Å². The quantitative estimate of drug-likeness (QED) is 0.805. The van der Waals surface area contributed by atoms with Crippen molar-refractivity contribution in [2.75, 3.05) is 13.1 Å². The van der Waals surface area contributed by atoms with Crippen LogP contribution in [0.15, 0.2) is 0 Å². The van der Waals surface area contributed by atoms with E-state index >= 15 is 0 Å². The molecule has 0 heterocycles. The molecule has 0 aromatic rings. The SMILES string of the molecule is CC(C)CNC(=O)CNC1CCC(C(C)(C)C)CC1. The highest BCUT2D eigenvalue weighted by atomic mass is 16.1. The van der Waals surface area contributed by atoms with Gasteiger partial charge >= 0.3 is 0 Å². The monoisotopic (exact) mass is 268 g/mol. The van der Waals surface area contributed by atoms with Crippen LogP contribution in [0.1, 0.15) is 60.3 Å². The van der Waals surface area contributed by atoms with Gasteiger partial charge in [-0.1, -0.05) is 34.6 Å². The van der Waals surface area contributed by atoms with Crippen molar-refractivity contribution in [2.45, 2.75) is 66.3 Å². The van der Waals surface area contributed by atoms with Gasteiger partial charge in [0.2, 0.25) is 5.91 Å². The third-order valence-electron chi connectivity index (χ3n) is 4.21. The fraction of sp³-hybridized carbons (Fsp3) is 0.938. The summed E-state index contributed by atoms with van der Waals surface area (Å²) >= 11 is 0. The zero-order chi connectivity index (χ0) is 14.5. The molecule has 2 N–H and O–H groups in total. The van der Waals surface area contributed by atoms with E-state index in [-0.39, 0.29) is 5.91 Å². The lowest BCUT2D eigenvalue weighted by molar-refractivity contribution is -0.120. The van der Waals surface area contributed by atoms with Crippen molar-refractivity contribution in [1.82, 2.24) is 10.6 Å². The van der Waals surface area contributed by atoms with E-state index in [4.69, 9.17) is 0 Å². The van der Waals surface area contributed by atoms with E-state index in [1.54, 1.807) is 0 Å². The molecule has 0 radical (unpaired) electrons. The van der Waals surface area contributed by atoms with Crippen LogP contribution in [0.25, 0.3) is 0 Å². The minimum absolute atomic E-state index is 0.131. The first kappa shape index (κ1) is 16.5. The van der Waals surface area contributed by atoms with E-state index < -0.39 is 0 Å². The first-order chi connectivity index (χ1) is 8.79. The molecule has 112 valence electrons. The fourth-order valence-electron chi connectivity index (χ4n) is 2.78. The number of hydrogen-bond donors (Lipinski definition) is 2. The Balaban J connectivity index is 2.18. The summed E-state index contributed by atoms with van der Waals surface area (Å²) in [4.78, 5) is 11.6. The molecule has 0 unspecified atom stereocenters. The lowest BCUT2D eigenvalue weighted by Gasteiger charge is -2.37. The number of hydrogen-bond acceptors (Lipinski definition) is 2. The molecule has 0 aromatic carbocycles. The first-order valence-electron chi connectivity index (χ1n) is 7.79. The Bertz CT molecular complexity index is 273. The van der Waals surface area contributed by atoms with Crippen LogP contribution in [-0.2, 0) is 4.79 Å². The van der Waals surface area contributed by atoms with Crippen molar-refractivity contribution in [2.24, 2.45) is 17.3 Å². The van der Waals surface area contributed by atoms with E-state index in [0.29, 0.717) is 23.9 Å². The molecule has 0 aliphatic heterocycles. The zero-order valence-electron chi connectivity index (χ0n) is 13.4. The molecule has 0 spiro atoms. The lowest BCUT2D eigenvalue weighted by atomic mass is 9.71. The molecule has 0 saturated heterocycles. The van der Waals surface area contributed by atoms with Crippen LogP contribution in [0.3, 0.4) is 0 Å². The zero-order valence-corrected chi connectivity index (χ0v) is 13.4. The van der Waals surface area contributed by atoms with Crippen LogP contribution in [-0.4, -0.2) is 25.0 Å². The highest BCUT2D eigenvalue weighted by Crippen LogP contribution is 2.37. The van der Waals surface area contributed by atoms with E-state index in [9.17, 15) is 4.79 Å². The molecular formula is C16H32N2O. The largest absolute Gasteiger partial charge is 0.355 e. The Morgan fingerprint density at radius 1 is 1.16 bits per heavy atom. The molecule has 1 aliphatic carbocycles. The summed E-state index contributed by atoms with van der Waals surface area (Å²) in [7, 11) is 0. The first-order valence-corrected chi connectivity index (χ1v) is 7.79. The standard InChI is InChI=1S/C16H32N2O/c1-12(2)10-18-15(19)11-17-14-8-6-13(7-9-14)16(3,4)5/h12-14,17H,6-11H2,1-5H3,(H,18,19). The van der Waals surface area contributed by atoms with Crippen molar-refractivity contribution in [1.29, 1.82) is 0 Å². The van der Waals surface area contributed by atoms with Crippen LogP contribution in [0.4, 0.5) is 0 Å². The van der Waals surface area contributed by atoms with Gasteiger partial charge in [0.25, 0.3) is 0 Å². The van der Waals surface area contributed by atoms with Gasteiger partial charge in [-0.3, -0.25) is 4.79 Å². The van der Waals surface area contributed by atoms with Gasteiger partial charge in [0.05, 0.1) is 6.54 Å². The molecule has 3 heteroatoms. The van der Waals surface area contributed by atoms with Crippen LogP contribution in [0.5, 0.6) is 0 Å². The molecule has 0 atom stereocenters. The lowest BCUT2D eigenvalue weighted by Crippen LogP contribution is -2.42.